The minimum Gasteiger partial charge on any atom is -0.484 e. The molecule has 1 amide bonds. The molecule has 4 nitrogen and oxygen atoms in total. The maximum atomic E-state index is 12.0. The summed E-state index contributed by atoms with van der Waals surface area (Å²) < 4.78 is 5.50. The Morgan fingerprint density at radius 1 is 1.00 bits per heavy atom. The van der Waals surface area contributed by atoms with Crippen molar-refractivity contribution in [3.63, 3.8) is 0 Å². The second-order valence-electron chi connectivity index (χ2n) is 6.68. The van der Waals surface area contributed by atoms with E-state index in [1.807, 2.05) is 43.3 Å². The van der Waals surface area contributed by atoms with Crippen molar-refractivity contribution >= 4 is 11.6 Å². The first-order chi connectivity index (χ1) is 12.2. The summed E-state index contributed by atoms with van der Waals surface area (Å²) in [6.45, 7) is 5.40. The number of aryl methyl sites for hydroxylation is 1. The molecule has 1 N–H and O–H groups in total. The predicted molar refractivity (Wildman–Crippen MR) is 101 cm³/mol. The van der Waals surface area contributed by atoms with Gasteiger partial charge in [-0.25, -0.2) is 0 Å². The number of hydrogen-bond acceptors (Lipinski definition) is 3. The molecule has 0 atom stereocenters. The molecule has 0 unspecified atom stereocenters. The molecule has 1 heterocycles. The smallest absolute Gasteiger partial charge is 0.262 e. The maximum Gasteiger partial charge on any atom is 0.262 e. The third kappa shape index (κ3) is 5.61. The Morgan fingerprint density at radius 2 is 1.68 bits per heavy atom. The summed E-state index contributed by atoms with van der Waals surface area (Å²) in [5.41, 5.74) is 3.26. The molecule has 0 radical (unpaired) electrons. The maximum absolute atomic E-state index is 12.0. The van der Waals surface area contributed by atoms with Crippen molar-refractivity contribution in [3.05, 3.63) is 59.7 Å². The average Bonchev–Trinajstić information content (AvgIpc) is 2.64. The summed E-state index contributed by atoms with van der Waals surface area (Å²) in [5.74, 6) is 0.557. The largest absolute Gasteiger partial charge is 0.484 e. The van der Waals surface area contributed by atoms with Crippen LogP contribution in [0.15, 0.2) is 48.5 Å². The van der Waals surface area contributed by atoms with Gasteiger partial charge in [-0.2, -0.15) is 0 Å². The van der Waals surface area contributed by atoms with E-state index >= 15 is 0 Å². The van der Waals surface area contributed by atoms with Crippen LogP contribution in [0.3, 0.4) is 0 Å². The highest BCUT2D eigenvalue weighted by atomic mass is 16.5. The van der Waals surface area contributed by atoms with Crippen LogP contribution in [0.2, 0.25) is 0 Å². The second kappa shape index (κ2) is 8.67. The van der Waals surface area contributed by atoms with Crippen molar-refractivity contribution in [2.75, 3.05) is 25.0 Å². The van der Waals surface area contributed by atoms with E-state index in [9.17, 15) is 4.79 Å². The van der Waals surface area contributed by atoms with Gasteiger partial charge in [0.1, 0.15) is 5.75 Å². The van der Waals surface area contributed by atoms with Crippen LogP contribution >= 0.6 is 0 Å². The van der Waals surface area contributed by atoms with Gasteiger partial charge >= 0.3 is 0 Å². The topological polar surface area (TPSA) is 41.6 Å². The van der Waals surface area contributed by atoms with E-state index < -0.39 is 0 Å². The van der Waals surface area contributed by atoms with Crippen molar-refractivity contribution in [3.8, 4) is 5.75 Å². The fourth-order valence-electron chi connectivity index (χ4n) is 3.05. The molecule has 0 spiro atoms. The van der Waals surface area contributed by atoms with E-state index in [1.54, 1.807) is 0 Å². The van der Waals surface area contributed by atoms with Crippen LogP contribution in [0.1, 0.15) is 30.4 Å². The summed E-state index contributed by atoms with van der Waals surface area (Å²) in [7, 11) is 0. The molecular formula is C21H26N2O2. The first-order valence-electron chi connectivity index (χ1n) is 9.00. The molecule has 0 aromatic heterocycles. The van der Waals surface area contributed by atoms with Crippen molar-refractivity contribution in [1.29, 1.82) is 0 Å². The first kappa shape index (κ1) is 17.5. The number of anilines is 1. The van der Waals surface area contributed by atoms with Crippen LogP contribution in [0.4, 0.5) is 5.69 Å². The fourth-order valence-corrected chi connectivity index (χ4v) is 3.05. The number of benzene rings is 2. The number of amides is 1. The molecule has 0 bridgehead atoms. The van der Waals surface area contributed by atoms with Gasteiger partial charge in [0.15, 0.2) is 6.61 Å². The number of carbonyl (C=O) groups excluding carboxylic acids is 1. The molecule has 132 valence electrons. The Hall–Kier alpha value is -2.33. The zero-order chi connectivity index (χ0) is 17.5. The third-order valence-corrected chi connectivity index (χ3v) is 4.48. The Morgan fingerprint density at radius 3 is 2.36 bits per heavy atom. The predicted octanol–water partition coefficient (Wildman–Crippen LogP) is 4.00. The Balaban J connectivity index is 1.45. The molecule has 1 aliphatic rings. The molecule has 2 aromatic carbocycles. The lowest BCUT2D eigenvalue weighted by atomic mass is 10.1. The Bertz CT molecular complexity index is 674. The second-order valence-corrected chi connectivity index (χ2v) is 6.68. The number of piperidine rings is 1. The minimum atomic E-state index is -0.149. The van der Waals surface area contributed by atoms with Gasteiger partial charge < -0.3 is 10.1 Å². The fraction of sp³-hybridized carbons (Fsp3) is 0.381. The van der Waals surface area contributed by atoms with Gasteiger partial charge in [0.05, 0.1) is 0 Å². The van der Waals surface area contributed by atoms with E-state index in [-0.39, 0.29) is 12.5 Å². The van der Waals surface area contributed by atoms with E-state index in [0.29, 0.717) is 5.75 Å². The number of nitrogens with zero attached hydrogens (tertiary/aromatic N) is 1. The number of hydrogen-bond donors (Lipinski definition) is 1. The van der Waals surface area contributed by atoms with Crippen LogP contribution in [0.5, 0.6) is 5.75 Å². The van der Waals surface area contributed by atoms with Crippen molar-refractivity contribution < 1.29 is 9.53 Å². The Kier molecular flexibility index (Phi) is 6.07. The standard InChI is InChI=1S/C21H26N2O2/c1-17-5-11-20(12-6-17)25-16-21(24)22-19-9-7-18(8-10-19)15-23-13-3-2-4-14-23/h5-12H,2-4,13-16H2,1H3,(H,22,24). The van der Waals surface area contributed by atoms with E-state index in [1.165, 1.54) is 43.5 Å². The van der Waals surface area contributed by atoms with Crippen LogP contribution < -0.4 is 10.1 Å². The normalized spacial score (nSPS) is 14.9. The SMILES string of the molecule is Cc1ccc(OCC(=O)Nc2ccc(CN3CCCCC3)cc2)cc1. The molecule has 25 heavy (non-hydrogen) atoms. The van der Waals surface area contributed by atoms with Gasteiger partial charge in [-0.3, -0.25) is 9.69 Å². The lowest BCUT2D eigenvalue weighted by Gasteiger charge is -2.26. The van der Waals surface area contributed by atoms with Gasteiger partial charge in [0, 0.05) is 12.2 Å². The number of rotatable bonds is 6. The molecule has 3 rings (SSSR count). The number of carbonyl (C=O) groups is 1. The minimum absolute atomic E-state index is 0.0125. The van der Waals surface area contributed by atoms with Gasteiger partial charge in [-0.05, 0) is 62.7 Å². The lowest BCUT2D eigenvalue weighted by Crippen LogP contribution is -2.29. The van der Waals surface area contributed by atoms with E-state index in [2.05, 4.69) is 22.3 Å². The van der Waals surface area contributed by atoms with Crippen molar-refractivity contribution in [2.45, 2.75) is 32.7 Å². The quantitative estimate of drug-likeness (QED) is 0.865. The third-order valence-electron chi connectivity index (χ3n) is 4.48. The first-order valence-corrected chi connectivity index (χ1v) is 9.00. The average molecular weight is 338 g/mol. The molecule has 1 saturated heterocycles. The Labute approximate surface area is 149 Å². The van der Waals surface area contributed by atoms with Crippen LogP contribution in [0, 0.1) is 6.92 Å². The summed E-state index contributed by atoms with van der Waals surface area (Å²) in [6.07, 6.45) is 3.95. The molecular weight excluding hydrogens is 312 g/mol. The summed E-state index contributed by atoms with van der Waals surface area (Å²) in [4.78, 5) is 14.5. The highest BCUT2D eigenvalue weighted by Gasteiger charge is 2.10. The van der Waals surface area contributed by atoms with E-state index in [0.717, 1.165) is 12.2 Å². The molecule has 1 fully saturated rings. The van der Waals surface area contributed by atoms with Gasteiger partial charge in [-0.1, -0.05) is 36.2 Å². The molecule has 4 heteroatoms. The van der Waals surface area contributed by atoms with Crippen molar-refractivity contribution in [1.82, 2.24) is 4.90 Å². The zero-order valence-corrected chi connectivity index (χ0v) is 14.8. The summed E-state index contributed by atoms with van der Waals surface area (Å²) >= 11 is 0. The molecule has 2 aromatic rings. The molecule has 1 aliphatic heterocycles. The van der Waals surface area contributed by atoms with E-state index in [4.69, 9.17) is 4.74 Å². The van der Waals surface area contributed by atoms with Crippen LogP contribution in [-0.2, 0) is 11.3 Å². The number of nitrogens with one attached hydrogen (secondary N) is 1. The zero-order valence-electron chi connectivity index (χ0n) is 14.8. The molecule has 0 saturated carbocycles. The lowest BCUT2D eigenvalue weighted by molar-refractivity contribution is -0.118. The van der Waals surface area contributed by atoms with Crippen LogP contribution in [-0.4, -0.2) is 30.5 Å². The monoisotopic (exact) mass is 338 g/mol. The summed E-state index contributed by atoms with van der Waals surface area (Å²) in [5, 5.41) is 2.88. The highest BCUT2D eigenvalue weighted by molar-refractivity contribution is 5.91. The van der Waals surface area contributed by atoms with Gasteiger partial charge in [-0.15, -0.1) is 0 Å². The highest BCUT2D eigenvalue weighted by Crippen LogP contribution is 2.16. The number of ether oxygens (including phenoxy) is 1. The van der Waals surface area contributed by atoms with Gasteiger partial charge in [0.25, 0.3) is 5.91 Å². The van der Waals surface area contributed by atoms with Crippen molar-refractivity contribution in [2.24, 2.45) is 0 Å². The van der Waals surface area contributed by atoms with Gasteiger partial charge in [0.2, 0.25) is 0 Å². The summed E-state index contributed by atoms with van der Waals surface area (Å²) in [6, 6.07) is 15.8. The number of likely N-dealkylation sites (tertiary alicyclic amines) is 1. The molecule has 0 aliphatic carbocycles. The van der Waals surface area contributed by atoms with Crippen LogP contribution in [0.25, 0.3) is 0 Å².